The second-order valence-corrected chi connectivity index (χ2v) is 8.06. The molecule has 0 atom stereocenters. The van der Waals surface area contributed by atoms with Gasteiger partial charge in [-0.25, -0.2) is 8.42 Å². The molecule has 0 aliphatic heterocycles. The fourth-order valence-corrected chi connectivity index (χ4v) is 3.56. The molecule has 0 radical (unpaired) electrons. The van der Waals surface area contributed by atoms with Gasteiger partial charge >= 0.3 is 0 Å². The van der Waals surface area contributed by atoms with Crippen molar-refractivity contribution in [2.24, 2.45) is 0 Å². The van der Waals surface area contributed by atoms with Crippen LogP contribution in [0.25, 0.3) is 0 Å². The third kappa shape index (κ3) is 5.20. The molecule has 8 heteroatoms. The molecular formula is C18H24ClN3O3S. The third-order valence-corrected chi connectivity index (χ3v) is 5.98. The van der Waals surface area contributed by atoms with Crippen LogP contribution in [0.4, 0.5) is 5.69 Å². The van der Waals surface area contributed by atoms with Gasteiger partial charge in [0.2, 0.25) is 10.0 Å². The van der Waals surface area contributed by atoms with Crippen LogP contribution in [0.5, 0.6) is 0 Å². The Morgan fingerprint density at radius 3 is 2.31 bits per heavy atom. The van der Waals surface area contributed by atoms with E-state index in [1.807, 2.05) is 13.8 Å². The van der Waals surface area contributed by atoms with Crippen molar-refractivity contribution in [3.8, 4) is 0 Å². The van der Waals surface area contributed by atoms with E-state index in [2.05, 4.69) is 5.32 Å². The van der Waals surface area contributed by atoms with Crippen molar-refractivity contribution >= 4 is 34.0 Å². The molecule has 0 aliphatic carbocycles. The Morgan fingerprint density at radius 1 is 1.15 bits per heavy atom. The number of nitrogen functional groups attached to an aromatic ring is 1. The van der Waals surface area contributed by atoms with Gasteiger partial charge in [-0.2, -0.15) is 4.31 Å². The minimum atomic E-state index is -3.50. The van der Waals surface area contributed by atoms with Gasteiger partial charge in [-0.15, -0.1) is 12.4 Å². The average Bonchev–Trinajstić information content (AvgIpc) is 2.59. The highest BCUT2D eigenvalue weighted by atomic mass is 35.5. The summed E-state index contributed by atoms with van der Waals surface area (Å²) in [6.45, 7) is 3.93. The number of nitrogens with zero attached hydrogens (tertiary/aromatic N) is 1. The molecule has 3 N–H and O–H groups in total. The Balaban J connectivity index is 0.00000338. The first-order valence-corrected chi connectivity index (χ1v) is 9.36. The number of nitrogens with two attached hydrogens (primary N) is 1. The molecule has 0 saturated heterocycles. The molecule has 6 nitrogen and oxygen atoms in total. The molecule has 0 fully saturated rings. The second-order valence-electron chi connectivity index (χ2n) is 6.07. The van der Waals surface area contributed by atoms with Gasteiger partial charge in [0.05, 0.1) is 4.90 Å². The summed E-state index contributed by atoms with van der Waals surface area (Å²) in [4.78, 5) is 12.3. The van der Waals surface area contributed by atoms with Crippen molar-refractivity contribution in [3.63, 3.8) is 0 Å². The summed E-state index contributed by atoms with van der Waals surface area (Å²) >= 11 is 0. The topological polar surface area (TPSA) is 92.5 Å². The van der Waals surface area contributed by atoms with Gasteiger partial charge in [0, 0.05) is 30.9 Å². The number of halogens is 1. The smallest absolute Gasteiger partial charge is 0.251 e. The van der Waals surface area contributed by atoms with E-state index in [-0.39, 0.29) is 29.3 Å². The Bertz CT molecular complexity index is 852. The van der Waals surface area contributed by atoms with Crippen LogP contribution in [-0.2, 0) is 16.6 Å². The maximum absolute atomic E-state index is 12.4. The Labute approximate surface area is 160 Å². The first kappa shape index (κ1) is 22.0. The number of benzene rings is 2. The lowest BCUT2D eigenvalue weighted by Crippen LogP contribution is -2.33. The Kier molecular flexibility index (Phi) is 7.62. The zero-order valence-corrected chi connectivity index (χ0v) is 16.6. The van der Waals surface area contributed by atoms with Crippen LogP contribution in [-0.4, -0.2) is 31.7 Å². The first-order chi connectivity index (χ1) is 11.7. The highest BCUT2D eigenvalue weighted by Crippen LogP contribution is 2.17. The summed E-state index contributed by atoms with van der Waals surface area (Å²) < 4.78 is 26.1. The summed E-state index contributed by atoms with van der Waals surface area (Å²) in [5.74, 6) is -0.233. The predicted molar refractivity (Wildman–Crippen MR) is 106 cm³/mol. The minimum Gasteiger partial charge on any atom is -0.399 e. The molecule has 0 saturated carbocycles. The second kappa shape index (κ2) is 9.02. The van der Waals surface area contributed by atoms with Crippen LogP contribution >= 0.6 is 12.4 Å². The van der Waals surface area contributed by atoms with E-state index in [0.29, 0.717) is 17.8 Å². The monoisotopic (exact) mass is 397 g/mol. The van der Waals surface area contributed by atoms with Gasteiger partial charge in [-0.3, -0.25) is 4.79 Å². The van der Waals surface area contributed by atoms with Crippen molar-refractivity contribution in [3.05, 3.63) is 59.7 Å². The number of carbonyl (C=O) groups excluding carboxylic acids is 1. The van der Waals surface area contributed by atoms with E-state index < -0.39 is 10.0 Å². The molecule has 26 heavy (non-hydrogen) atoms. The van der Waals surface area contributed by atoms with Gasteiger partial charge in [-0.05, 0) is 49.7 Å². The third-order valence-electron chi connectivity index (χ3n) is 3.93. The summed E-state index contributed by atoms with van der Waals surface area (Å²) in [6.07, 6.45) is 0. The van der Waals surface area contributed by atoms with Crippen LogP contribution in [0.15, 0.2) is 53.4 Å². The fourth-order valence-electron chi connectivity index (χ4n) is 2.19. The zero-order valence-electron chi connectivity index (χ0n) is 15.0. The molecule has 1 amide bonds. The van der Waals surface area contributed by atoms with Crippen molar-refractivity contribution in [1.82, 2.24) is 9.62 Å². The van der Waals surface area contributed by atoms with Crippen LogP contribution < -0.4 is 11.1 Å². The van der Waals surface area contributed by atoms with E-state index in [0.717, 1.165) is 5.56 Å². The van der Waals surface area contributed by atoms with Crippen molar-refractivity contribution < 1.29 is 13.2 Å². The van der Waals surface area contributed by atoms with E-state index in [4.69, 9.17) is 5.73 Å². The molecule has 142 valence electrons. The fraction of sp³-hybridized carbons (Fsp3) is 0.278. The summed E-state index contributed by atoms with van der Waals surface area (Å²) in [7, 11) is -1.95. The van der Waals surface area contributed by atoms with Gasteiger partial charge in [0.25, 0.3) is 5.91 Å². The maximum Gasteiger partial charge on any atom is 0.251 e. The largest absolute Gasteiger partial charge is 0.399 e. The number of rotatable bonds is 6. The summed E-state index contributed by atoms with van der Waals surface area (Å²) in [5, 5.41) is 2.79. The molecule has 0 aliphatic rings. The number of hydrogen-bond donors (Lipinski definition) is 2. The van der Waals surface area contributed by atoms with Crippen LogP contribution in [0, 0.1) is 0 Å². The van der Waals surface area contributed by atoms with Gasteiger partial charge in [0.15, 0.2) is 0 Å². The highest BCUT2D eigenvalue weighted by Gasteiger charge is 2.22. The van der Waals surface area contributed by atoms with Crippen LogP contribution in [0.3, 0.4) is 0 Å². The van der Waals surface area contributed by atoms with E-state index >= 15 is 0 Å². The highest BCUT2D eigenvalue weighted by molar-refractivity contribution is 7.89. The lowest BCUT2D eigenvalue weighted by Gasteiger charge is -2.21. The summed E-state index contributed by atoms with van der Waals surface area (Å²) in [5.41, 5.74) is 7.48. The number of sulfonamides is 1. The number of hydrogen-bond acceptors (Lipinski definition) is 4. The number of nitrogens with one attached hydrogen (secondary N) is 1. The average molecular weight is 398 g/mol. The molecule has 0 heterocycles. The predicted octanol–water partition coefficient (Wildman–Crippen LogP) is 2.65. The van der Waals surface area contributed by atoms with Crippen molar-refractivity contribution in [1.29, 1.82) is 0 Å². The molecule has 0 spiro atoms. The van der Waals surface area contributed by atoms with Crippen LogP contribution in [0.2, 0.25) is 0 Å². The number of amides is 1. The van der Waals surface area contributed by atoms with Crippen LogP contribution in [0.1, 0.15) is 29.8 Å². The molecule has 0 aromatic heterocycles. The maximum atomic E-state index is 12.4. The molecule has 2 aromatic carbocycles. The van der Waals surface area contributed by atoms with Gasteiger partial charge in [0.1, 0.15) is 0 Å². The standard InChI is InChI=1S/C18H23N3O3S.ClH/c1-13(2)21(3)25(23,24)17-9-7-14(8-10-17)12-20-18(22)15-5-4-6-16(19)11-15;/h4-11,13H,12,19H2,1-3H3,(H,20,22);1H. The quantitative estimate of drug-likeness (QED) is 0.733. The van der Waals surface area contributed by atoms with E-state index in [1.54, 1.807) is 55.6 Å². The number of carbonyl (C=O) groups is 1. The Hall–Kier alpha value is -2.09. The van der Waals surface area contributed by atoms with E-state index in [1.165, 1.54) is 4.31 Å². The van der Waals surface area contributed by atoms with Gasteiger partial charge in [-0.1, -0.05) is 18.2 Å². The normalized spacial score (nSPS) is 11.3. The molecule has 2 rings (SSSR count). The molecule has 0 bridgehead atoms. The Morgan fingerprint density at radius 2 is 1.77 bits per heavy atom. The lowest BCUT2D eigenvalue weighted by atomic mass is 10.2. The zero-order chi connectivity index (χ0) is 18.6. The van der Waals surface area contributed by atoms with Gasteiger partial charge < -0.3 is 11.1 Å². The number of anilines is 1. The summed E-state index contributed by atoms with van der Waals surface area (Å²) in [6, 6.07) is 13.1. The molecule has 2 aromatic rings. The SMILES string of the molecule is CC(C)N(C)S(=O)(=O)c1ccc(CNC(=O)c2cccc(N)c2)cc1.Cl. The van der Waals surface area contributed by atoms with Crippen molar-refractivity contribution in [2.45, 2.75) is 31.3 Å². The minimum absolute atomic E-state index is 0. The molecule has 0 unspecified atom stereocenters. The lowest BCUT2D eigenvalue weighted by molar-refractivity contribution is 0.0951. The molecular weight excluding hydrogens is 374 g/mol. The first-order valence-electron chi connectivity index (χ1n) is 7.92. The van der Waals surface area contributed by atoms with E-state index in [9.17, 15) is 13.2 Å². The van der Waals surface area contributed by atoms with Crippen molar-refractivity contribution in [2.75, 3.05) is 12.8 Å².